The Hall–Kier alpha value is -1.79. The third-order valence-electron chi connectivity index (χ3n) is 2.90. The van der Waals surface area contributed by atoms with Crippen LogP contribution in [0.3, 0.4) is 0 Å². The number of hydrogen-bond acceptors (Lipinski definition) is 6. The predicted octanol–water partition coefficient (Wildman–Crippen LogP) is 2.60. The van der Waals surface area contributed by atoms with E-state index in [0.717, 1.165) is 24.4 Å². The van der Waals surface area contributed by atoms with Gasteiger partial charge in [-0.1, -0.05) is 24.6 Å². The third kappa shape index (κ3) is 4.61. The lowest BCUT2D eigenvalue weighted by Crippen LogP contribution is -2.14. The highest BCUT2D eigenvalue weighted by molar-refractivity contribution is 7.99. The smallest absolute Gasteiger partial charge is 0.196 e. The van der Waals surface area contributed by atoms with E-state index in [0.29, 0.717) is 16.8 Å². The Morgan fingerprint density at radius 1 is 1.14 bits per heavy atom. The average molecular weight is 303 g/mol. The molecule has 0 saturated carbocycles. The van der Waals surface area contributed by atoms with Gasteiger partial charge in [0.05, 0.1) is 0 Å². The van der Waals surface area contributed by atoms with Crippen LogP contribution >= 0.6 is 11.8 Å². The van der Waals surface area contributed by atoms with Crippen molar-refractivity contribution in [3.8, 4) is 0 Å². The van der Waals surface area contributed by atoms with Gasteiger partial charge in [0.1, 0.15) is 11.6 Å². The number of nitrogens with zero attached hydrogens (tertiary/aromatic N) is 2. The van der Waals surface area contributed by atoms with Crippen LogP contribution in [0, 0.1) is 6.92 Å². The normalized spacial score (nSPS) is 10.8. The van der Waals surface area contributed by atoms with Crippen molar-refractivity contribution in [2.75, 3.05) is 18.0 Å². The van der Waals surface area contributed by atoms with E-state index in [-0.39, 0.29) is 0 Å². The molecule has 21 heavy (non-hydrogen) atoms. The lowest BCUT2D eigenvalue weighted by molar-refractivity contribution is 0.669. The number of aryl methyl sites for hydroxylation is 1. The molecule has 6 heteroatoms. The van der Waals surface area contributed by atoms with Crippen LogP contribution in [0.5, 0.6) is 0 Å². The summed E-state index contributed by atoms with van der Waals surface area (Å²) in [7, 11) is 0. The molecule has 5 nitrogen and oxygen atoms in total. The number of benzene rings is 1. The zero-order valence-electron chi connectivity index (χ0n) is 12.4. The minimum atomic E-state index is 0.391. The molecular formula is C15H21N5S. The van der Waals surface area contributed by atoms with Crippen LogP contribution in [0.4, 0.5) is 11.6 Å². The van der Waals surface area contributed by atoms with Gasteiger partial charge in [0.2, 0.25) is 0 Å². The van der Waals surface area contributed by atoms with Gasteiger partial charge in [0.15, 0.2) is 5.16 Å². The van der Waals surface area contributed by atoms with Crippen molar-refractivity contribution in [2.45, 2.75) is 36.9 Å². The first-order valence-corrected chi connectivity index (χ1v) is 7.78. The van der Waals surface area contributed by atoms with Gasteiger partial charge >= 0.3 is 0 Å². The quantitative estimate of drug-likeness (QED) is 0.561. The van der Waals surface area contributed by atoms with E-state index in [4.69, 9.17) is 11.5 Å². The lowest BCUT2D eigenvalue weighted by atomic mass is 10.1. The van der Waals surface area contributed by atoms with Crippen molar-refractivity contribution in [1.82, 2.24) is 15.3 Å². The Bertz CT molecular complexity index is 595. The average Bonchev–Trinajstić information content (AvgIpc) is 2.41. The molecule has 2 rings (SSSR count). The fraction of sp³-hybridized carbons (Fsp3) is 0.333. The molecule has 0 aliphatic rings. The predicted molar refractivity (Wildman–Crippen MR) is 88.2 cm³/mol. The monoisotopic (exact) mass is 303 g/mol. The summed E-state index contributed by atoms with van der Waals surface area (Å²) in [4.78, 5) is 9.56. The fourth-order valence-electron chi connectivity index (χ4n) is 1.95. The Morgan fingerprint density at radius 2 is 1.86 bits per heavy atom. The number of nitrogens with one attached hydrogen (secondary N) is 1. The second-order valence-electron chi connectivity index (χ2n) is 4.89. The Kier molecular flexibility index (Phi) is 5.41. The van der Waals surface area contributed by atoms with Gasteiger partial charge in [0, 0.05) is 17.5 Å². The summed E-state index contributed by atoms with van der Waals surface area (Å²) < 4.78 is 0. The molecule has 2 aromatic rings. The Balaban J connectivity index is 2.21. The number of nitrogen functional groups attached to an aromatic ring is 2. The van der Waals surface area contributed by atoms with Gasteiger partial charge in [-0.2, -0.15) is 0 Å². The van der Waals surface area contributed by atoms with Gasteiger partial charge in [-0.05, 0) is 43.3 Å². The first-order chi connectivity index (χ1) is 10.1. The molecule has 0 bridgehead atoms. The number of hydrogen-bond donors (Lipinski definition) is 3. The minimum absolute atomic E-state index is 0.391. The molecule has 1 aromatic heterocycles. The SMILES string of the molecule is CCCNCc1cc(C)ccc1Sc1nc(N)cc(N)n1. The minimum Gasteiger partial charge on any atom is -0.383 e. The third-order valence-corrected chi connectivity index (χ3v) is 3.89. The van der Waals surface area contributed by atoms with Crippen LogP contribution in [0.2, 0.25) is 0 Å². The summed E-state index contributed by atoms with van der Waals surface area (Å²) in [6.07, 6.45) is 1.11. The second kappa shape index (κ2) is 7.28. The van der Waals surface area contributed by atoms with Gasteiger partial charge in [0.25, 0.3) is 0 Å². The molecule has 0 spiro atoms. The van der Waals surface area contributed by atoms with Gasteiger partial charge in [-0.3, -0.25) is 0 Å². The zero-order valence-corrected chi connectivity index (χ0v) is 13.2. The molecule has 1 heterocycles. The fourth-order valence-corrected chi connectivity index (χ4v) is 2.85. The van der Waals surface area contributed by atoms with Crippen LogP contribution in [0.15, 0.2) is 34.3 Å². The molecule has 0 atom stereocenters. The van der Waals surface area contributed by atoms with Crippen molar-refractivity contribution in [2.24, 2.45) is 0 Å². The molecule has 0 amide bonds. The van der Waals surface area contributed by atoms with Crippen molar-refractivity contribution in [3.63, 3.8) is 0 Å². The maximum Gasteiger partial charge on any atom is 0.196 e. The molecule has 0 radical (unpaired) electrons. The van der Waals surface area contributed by atoms with Crippen molar-refractivity contribution >= 4 is 23.4 Å². The van der Waals surface area contributed by atoms with E-state index >= 15 is 0 Å². The van der Waals surface area contributed by atoms with Crippen LogP contribution in [-0.2, 0) is 6.54 Å². The van der Waals surface area contributed by atoms with Gasteiger partial charge in [-0.15, -0.1) is 0 Å². The maximum atomic E-state index is 5.72. The highest BCUT2D eigenvalue weighted by atomic mass is 32.2. The van der Waals surface area contributed by atoms with E-state index in [1.54, 1.807) is 6.07 Å². The highest BCUT2D eigenvalue weighted by Gasteiger charge is 2.08. The van der Waals surface area contributed by atoms with E-state index in [2.05, 4.69) is 47.3 Å². The first kappa shape index (κ1) is 15.6. The van der Waals surface area contributed by atoms with E-state index in [1.165, 1.54) is 22.9 Å². The zero-order chi connectivity index (χ0) is 15.2. The molecule has 112 valence electrons. The summed E-state index contributed by atoms with van der Waals surface area (Å²) >= 11 is 1.49. The van der Waals surface area contributed by atoms with Gasteiger partial charge < -0.3 is 16.8 Å². The number of aromatic nitrogens is 2. The van der Waals surface area contributed by atoms with E-state index in [9.17, 15) is 0 Å². The molecule has 0 aliphatic carbocycles. The molecule has 0 saturated heterocycles. The Labute approximate surface area is 129 Å². The van der Waals surface area contributed by atoms with Crippen LogP contribution in [0.25, 0.3) is 0 Å². The summed E-state index contributed by atoms with van der Waals surface area (Å²) in [5.74, 6) is 0.783. The van der Waals surface area contributed by atoms with Crippen molar-refractivity contribution in [3.05, 3.63) is 35.4 Å². The lowest BCUT2D eigenvalue weighted by Gasteiger charge is -2.11. The topological polar surface area (TPSA) is 89.8 Å². The maximum absolute atomic E-state index is 5.72. The van der Waals surface area contributed by atoms with Gasteiger partial charge in [-0.25, -0.2) is 9.97 Å². The molecule has 0 aliphatic heterocycles. The van der Waals surface area contributed by atoms with E-state index in [1.807, 2.05) is 0 Å². The summed E-state index contributed by atoms with van der Waals surface area (Å²) in [5.41, 5.74) is 13.9. The van der Waals surface area contributed by atoms with Crippen LogP contribution in [-0.4, -0.2) is 16.5 Å². The van der Waals surface area contributed by atoms with Crippen LogP contribution < -0.4 is 16.8 Å². The largest absolute Gasteiger partial charge is 0.383 e. The standard InChI is InChI=1S/C15H21N5S/c1-3-6-18-9-11-7-10(2)4-5-12(11)21-15-19-13(16)8-14(17)20-15/h4-5,7-8,18H,3,6,9H2,1-2H3,(H4,16,17,19,20). The number of rotatable bonds is 6. The Morgan fingerprint density at radius 3 is 2.52 bits per heavy atom. The highest BCUT2D eigenvalue weighted by Crippen LogP contribution is 2.29. The summed E-state index contributed by atoms with van der Waals surface area (Å²) in [6, 6.07) is 7.91. The van der Waals surface area contributed by atoms with E-state index < -0.39 is 0 Å². The summed E-state index contributed by atoms with van der Waals surface area (Å²) in [6.45, 7) is 6.07. The number of nitrogens with two attached hydrogens (primary N) is 2. The summed E-state index contributed by atoms with van der Waals surface area (Å²) in [5, 5.41) is 4.00. The second-order valence-corrected chi connectivity index (χ2v) is 5.90. The molecule has 0 unspecified atom stereocenters. The molecule has 0 fully saturated rings. The number of anilines is 2. The van der Waals surface area contributed by atoms with Crippen molar-refractivity contribution in [1.29, 1.82) is 0 Å². The first-order valence-electron chi connectivity index (χ1n) is 6.96. The molecular weight excluding hydrogens is 282 g/mol. The van der Waals surface area contributed by atoms with Crippen molar-refractivity contribution < 1.29 is 0 Å². The van der Waals surface area contributed by atoms with Crippen LogP contribution in [0.1, 0.15) is 24.5 Å². The molecule has 5 N–H and O–H groups in total. The molecule has 1 aromatic carbocycles.